The fourth-order valence-electron chi connectivity index (χ4n) is 4.05. The fraction of sp³-hybridized carbons (Fsp3) is 0.269. The number of carbonyl (C=O) groups excluding carboxylic acids is 1. The van der Waals surface area contributed by atoms with E-state index in [4.69, 9.17) is 4.74 Å². The molecule has 1 fully saturated rings. The molecule has 160 valence electrons. The van der Waals surface area contributed by atoms with E-state index in [1.54, 1.807) is 11.8 Å². The third kappa shape index (κ3) is 4.85. The number of carbonyl (C=O) groups is 1. The van der Waals surface area contributed by atoms with Gasteiger partial charge in [0.05, 0.1) is 12.7 Å². The number of aliphatic hydroxyl groups is 1. The zero-order valence-corrected chi connectivity index (χ0v) is 18.1. The van der Waals surface area contributed by atoms with Crippen LogP contribution in [0.5, 0.6) is 0 Å². The lowest BCUT2D eigenvalue weighted by molar-refractivity contribution is -0.121. The first-order chi connectivity index (χ1) is 15.2. The average Bonchev–Trinajstić information content (AvgIpc) is 3.06. The smallest absolute Gasteiger partial charge is 0.221 e. The highest BCUT2D eigenvalue weighted by Gasteiger charge is 2.39. The lowest BCUT2D eigenvalue weighted by Crippen LogP contribution is -2.39. The molecule has 2 N–H and O–H groups in total. The Hall–Kier alpha value is -2.60. The van der Waals surface area contributed by atoms with Gasteiger partial charge in [-0.05, 0) is 16.7 Å². The largest absolute Gasteiger partial charge is 0.390 e. The van der Waals surface area contributed by atoms with E-state index in [2.05, 4.69) is 41.7 Å². The van der Waals surface area contributed by atoms with Gasteiger partial charge in [0.1, 0.15) is 5.60 Å². The Morgan fingerprint density at radius 3 is 1.87 bits per heavy atom. The predicted octanol–water partition coefficient (Wildman–Crippen LogP) is 3.98. The van der Waals surface area contributed by atoms with E-state index in [9.17, 15) is 9.90 Å². The van der Waals surface area contributed by atoms with Crippen LogP contribution in [0.25, 0.3) is 0 Å². The Morgan fingerprint density at radius 1 is 0.903 bits per heavy atom. The molecule has 31 heavy (non-hydrogen) atoms. The van der Waals surface area contributed by atoms with Gasteiger partial charge < -0.3 is 15.2 Å². The van der Waals surface area contributed by atoms with Crippen molar-refractivity contribution in [1.82, 2.24) is 5.32 Å². The third-order valence-corrected chi connectivity index (χ3v) is 6.93. The van der Waals surface area contributed by atoms with Crippen molar-refractivity contribution in [1.29, 1.82) is 0 Å². The molecule has 0 radical (unpaired) electrons. The van der Waals surface area contributed by atoms with Crippen molar-refractivity contribution in [2.24, 2.45) is 0 Å². The number of aliphatic hydroxyl groups excluding tert-OH is 1. The average molecular weight is 434 g/mol. The number of hydrogen-bond donors (Lipinski definition) is 2. The van der Waals surface area contributed by atoms with Crippen molar-refractivity contribution in [3.63, 3.8) is 0 Å². The molecule has 2 atom stereocenters. The molecule has 3 aromatic carbocycles. The van der Waals surface area contributed by atoms with Crippen molar-refractivity contribution >= 4 is 17.7 Å². The van der Waals surface area contributed by atoms with Crippen molar-refractivity contribution in [2.75, 3.05) is 18.9 Å². The zero-order chi connectivity index (χ0) is 21.5. The van der Waals surface area contributed by atoms with Crippen LogP contribution < -0.4 is 5.32 Å². The molecule has 0 aromatic heterocycles. The van der Waals surface area contributed by atoms with Crippen LogP contribution in [0.2, 0.25) is 0 Å². The standard InChI is InChI=1S/C26H27NO3S/c28-23(24-18-25(29)27-16-17-31-24)19-30-26(20-10-4-1-5-11-20,21-12-6-2-7-13-21)22-14-8-3-9-15-22/h1-15,23-24,28H,16-19H2,(H,27,29)/t23-,24+/m0/s1. The molecule has 1 amide bonds. The number of hydrogen-bond acceptors (Lipinski definition) is 4. The normalized spacial score (nSPS) is 18.1. The van der Waals surface area contributed by atoms with Crippen LogP contribution in [-0.4, -0.2) is 41.3 Å². The summed E-state index contributed by atoms with van der Waals surface area (Å²) >= 11 is 1.62. The van der Waals surface area contributed by atoms with Gasteiger partial charge in [-0.25, -0.2) is 0 Å². The number of ether oxygens (including phenoxy) is 1. The van der Waals surface area contributed by atoms with Crippen molar-refractivity contribution in [3.05, 3.63) is 108 Å². The summed E-state index contributed by atoms with van der Waals surface area (Å²) in [6.45, 7) is 0.749. The molecule has 1 aliphatic heterocycles. The quantitative estimate of drug-likeness (QED) is 0.554. The van der Waals surface area contributed by atoms with E-state index < -0.39 is 11.7 Å². The van der Waals surface area contributed by atoms with E-state index in [0.29, 0.717) is 13.0 Å². The van der Waals surface area contributed by atoms with Crippen molar-refractivity contribution in [2.45, 2.75) is 23.4 Å². The molecule has 0 spiro atoms. The van der Waals surface area contributed by atoms with E-state index in [-0.39, 0.29) is 17.8 Å². The summed E-state index contributed by atoms with van der Waals surface area (Å²) < 4.78 is 6.68. The third-order valence-electron chi connectivity index (χ3n) is 5.58. The molecule has 0 unspecified atom stereocenters. The summed E-state index contributed by atoms with van der Waals surface area (Å²) in [6.07, 6.45) is -0.464. The van der Waals surface area contributed by atoms with E-state index in [0.717, 1.165) is 22.4 Å². The zero-order valence-electron chi connectivity index (χ0n) is 17.3. The van der Waals surface area contributed by atoms with Gasteiger partial charge in [-0.15, -0.1) is 0 Å². The number of amides is 1. The Kier molecular flexibility index (Phi) is 7.07. The molecular weight excluding hydrogens is 406 g/mol. The topological polar surface area (TPSA) is 58.6 Å². The van der Waals surface area contributed by atoms with Crippen molar-refractivity contribution < 1.29 is 14.6 Å². The molecule has 5 heteroatoms. The van der Waals surface area contributed by atoms with Gasteiger partial charge in [-0.3, -0.25) is 4.79 Å². The SMILES string of the molecule is O=C1C[C@H]([C@@H](O)COC(c2ccccc2)(c2ccccc2)c2ccccc2)SCCN1. The van der Waals surface area contributed by atoms with Crippen LogP contribution in [0.15, 0.2) is 91.0 Å². The highest BCUT2D eigenvalue weighted by molar-refractivity contribution is 8.00. The van der Waals surface area contributed by atoms with E-state index >= 15 is 0 Å². The molecule has 0 aliphatic carbocycles. The van der Waals surface area contributed by atoms with Crippen LogP contribution in [0, 0.1) is 0 Å². The second-order valence-corrected chi connectivity index (χ2v) is 8.97. The van der Waals surface area contributed by atoms with Crippen LogP contribution >= 0.6 is 11.8 Å². The summed E-state index contributed by atoms with van der Waals surface area (Å²) in [4.78, 5) is 12.0. The van der Waals surface area contributed by atoms with Crippen LogP contribution in [0.1, 0.15) is 23.1 Å². The van der Waals surface area contributed by atoms with Gasteiger partial charge in [0.2, 0.25) is 5.91 Å². The maximum absolute atomic E-state index is 12.0. The first-order valence-electron chi connectivity index (χ1n) is 10.6. The minimum atomic E-state index is -0.873. The Labute approximate surface area is 187 Å². The molecule has 4 nitrogen and oxygen atoms in total. The number of thioether (sulfide) groups is 1. The number of rotatable bonds is 7. The highest BCUT2D eigenvalue weighted by atomic mass is 32.2. The van der Waals surface area contributed by atoms with Gasteiger partial charge in [-0.2, -0.15) is 11.8 Å². The molecule has 0 bridgehead atoms. The van der Waals surface area contributed by atoms with Crippen LogP contribution in [-0.2, 0) is 15.1 Å². The van der Waals surface area contributed by atoms with Crippen LogP contribution in [0.4, 0.5) is 0 Å². The number of benzene rings is 3. The van der Waals surface area contributed by atoms with Crippen LogP contribution in [0.3, 0.4) is 0 Å². The highest BCUT2D eigenvalue weighted by Crippen LogP contribution is 2.40. The van der Waals surface area contributed by atoms with Gasteiger partial charge in [0, 0.05) is 24.0 Å². The first kappa shape index (κ1) is 21.6. The van der Waals surface area contributed by atoms with Gasteiger partial charge >= 0.3 is 0 Å². The minimum Gasteiger partial charge on any atom is -0.390 e. The Balaban J connectivity index is 1.72. The molecule has 1 heterocycles. The second kappa shape index (κ2) is 10.1. The predicted molar refractivity (Wildman–Crippen MR) is 125 cm³/mol. The lowest BCUT2D eigenvalue weighted by atomic mass is 9.80. The monoisotopic (exact) mass is 433 g/mol. The maximum atomic E-state index is 12.0. The van der Waals surface area contributed by atoms with E-state index in [1.807, 2.05) is 54.6 Å². The minimum absolute atomic E-state index is 0.0190. The van der Waals surface area contributed by atoms with Gasteiger partial charge in [0.15, 0.2) is 0 Å². The summed E-state index contributed by atoms with van der Waals surface area (Å²) in [6, 6.07) is 30.3. The van der Waals surface area contributed by atoms with Gasteiger partial charge in [-0.1, -0.05) is 91.0 Å². The Morgan fingerprint density at radius 2 is 1.39 bits per heavy atom. The fourth-order valence-corrected chi connectivity index (χ4v) is 5.14. The Bertz CT molecular complexity index is 869. The summed E-state index contributed by atoms with van der Waals surface area (Å²) in [5, 5.41) is 13.7. The van der Waals surface area contributed by atoms with Gasteiger partial charge in [0.25, 0.3) is 0 Å². The summed E-state index contributed by atoms with van der Waals surface area (Å²) in [7, 11) is 0. The molecule has 1 aliphatic rings. The van der Waals surface area contributed by atoms with Crippen molar-refractivity contribution in [3.8, 4) is 0 Å². The second-order valence-electron chi connectivity index (χ2n) is 7.62. The van der Waals surface area contributed by atoms with E-state index in [1.165, 1.54) is 0 Å². The molecule has 3 aromatic rings. The summed E-state index contributed by atoms with van der Waals surface area (Å²) in [5.41, 5.74) is 2.10. The first-order valence-corrected chi connectivity index (χ1v) is 11.6. The molecular formula is C26H27NO3S. The molecule has 4 rings (SSSR count). The molecule has 1 saturated heterocycles. The number of nitrogens with one attached hydrogen (secondary N) is 1. The maximum Gasteiger partial charge on any atom is 0.221 e. The summed E-state index contributed by atoms with van der Waals surface area (Å²) in [5.74, 6) is 0.767. The molecule has 0 saturated carbocycles. The lowest BCUT2D eigenvalue weighted by Gasteiger charge is -2.37.